The topological polar surface area (TPSA) is 91.7 Å². The molecule has 32 valence electrons. The van der Waals surface area contributed by atoms with E-state index in [1.54, 1.807) is 0 Å². The molecule has 0 aromatic carbocycles. The van der Waals surface area contributed by atoms with Crippen molar-refractivity contribution in [1.82, 2.24) is 0 Å². The second kappa shape index (κ2) is 9.07. The average molecular weight is 271 g/mol. The van der Waals surface area contributed by atoms with Gasteiger partial charge in [0.15, 0.2) is 0 Å². The minimum absolute atomic E-state index is 0. The van der Waals surface area contributed by atoms with Crippen LogP contribution in [0.15, 0.2) is 0 Å². The molecule has 0 radical (unpaired) electrons. The summed E-state index contributed by atoms with van der Waals surface area (Å²) in [6.07, 6.45) is 0. The van der Waals surface area contributed by atoms with E-state index < -0.39 is 9.17 Å². The molecule has 0 rings (SSSR count). The van der Waals surface area contributed by atoms with Gasteiger partial charge in [-0.25, -0.2) is 0 Å². The van der Waals surface area contributed by atoms with E-state index in [1.165, 1.54) is 0 Å². The van der Waals surface area contributed by atoms with Gasteiger partial charge in [0.25, 0.3) is 0 Å². The molecule has 6 heavy (non-hydrogen) atoms. The molecule has 0 amide bonds. The predicted molar refractivity (Wildman–Crippen MR) is 7.13 cm³/mol. The first-order valence-electron chi connectivity index (χ1n) is 0.612. The Morgan fingerprint density at radius 2 is 1.33 bits per heavy atom. The summed E-state index contributed by atoms with van der Waals surface area (Å²) in [6.45, 7) is 0. The maximum Gasteiger partial charge on any atom is 4.00 e. The summed E-state index contributed by atoms with van der Waals surface area (Å²) in [5, 5.41) is 0. The third-order valence-corrected chi connectivity index (χ3v) is 0. The van der Waals surface area contributed by atoms with Crippen molar-refractivity contribution in [2.75, 3.05) is 0 Å². The molecule has 0 aromatic rings. The van der Waals surface area contributed by atoms with Gasteiger partial charge in [0.1, 0.15) is 0 Å². The Bertz CT molecular complexity index is 30.5. The molecule has 0 aliphatic heterocycles. The van der Waals surface area contributed by atoms with Crippen LogP contribution in [-0.4, -0.2) is 9.17 Å². The van der Waals surface area contributed by atoms with Gasteiger partial charge in [-0.1, -0.05) is 0 Å². The van der Waals surface area contributed by atoms with Crippen LogP contribution >= 0.6 is 0 Å². The van der Waals surface area contributed by atoms with Gasteiger partial charge in [0, 0.05) is 9.17 Å². The van der Waals surface area contributed by atoms with Crippen LogP contribution in [0.3, 0.4) is 0 Å². The first kappa shape index (κ1) is 16.1. The summed E-state index contributed by atoms with van der Waals surface area (Å²) >= 11 is 0. The fraction of sp³-hybridized carbons (Fsp3) is 0. The van der Waals surface area contributed by atoms with E-state index in [9.17, 15) is 0 Å². The SMILES string of the molecule is O=[Si]([O-])[O-].[Hf+4].[O-2]. The quantitative estimate of drug-likeness (QED) is 0.439. The molecule has 0 fully saturated rings. The van der Waals surface area contributed by atoms with Crippen molar-refractivity contribution in [3.63, 3.8) is 0 Å². The van der Waals surface area contributed by atoms with E-state index in [0.717, 1.165) is 0 Å². The summed E-state index contributed by atoms with van der Waals surface area (Å²) in [4.78, 5) is 17.0. The summed E-state index contributed by atoms with van der Waals surface area (Å²) in [7, 11) is -3.63. The Balaban J connectivity index is -0.0000000450. The molecule has 0 atom stereocenters. The zero-order valence-electron chi connectivity index (χ0n) is 2.63. The molecule has 0 N–H and O–H groups in total. The van der Waals surface area contributed by atoms with Crippen molar-refractivity contribution >= 4 is 9.17 Å². The summed E-state index contributed by atoms with van der Waals surface area (Å²) < 4.78 is 8.52. The van der Waals surface area contributed by atoms with Gasteiger partial charge in [0.2, 0.25) is 0 Å². The number of rotatable bonds is 0. The molecule has 0 heterocycles. The van der Waals surface area contributed by atoms with Gasteiger partial charge in [-0.3, -0.25) is 0 Å². The predicted octanol–water partition coefficient (Wildman–Crippen LogP) is -3.00. The van der Waals surface area contributed by atoms with E-state index in [-0.39, 0.29) is 31.3 Å². The van der Waals surface area contributed by atoms with Crippen molar-refractivity contribution in [1.29, 1.82) is 0 Å². The van der Waals surface area contributed by atoms with Crippen LogP contribution in [0.5, 0.6) is 0 Å². The Morgan fingerprint density at radius 3 is 1.33 bits per heavy atom. The van der Waals surface area contributed by atoms with Crippen molar-refractivity contribution in [2.45, 2.75) is 0 Å². The maximum atomic E-state index is 8.52. The van der Waals surface area contributed by atoms with E-state index >= 15 is 0 Å². The molecule has 4 nitrogen and oxygen atoms in total. The minimum atomic E-state index is -3.63. The van der Waals surface area contributed by atoms with Gasteiger partial charge < -0.3 is 19.5 Å². The van der Waals surface area contributed by atoms with Crippen LogP contribution in [0.4, 0.5) is 0 Å². The molecule has 0 saturated carbocycles. The molecule has 0 aliphatic carbocycles. The smallest absolute Gasteiger partial charge is 2.00 e. The largest absolute Gasteiger partial charge is 4.00 e. The second-order valence-electron chi connectivity index (χ2n) is 0.250. The summed E-state index contributed by atoms with van der Waals surface area (Å²) in [5.74, 6) is 0. The molecule has 0 unspecified atom stereocenters. The molecule has 6 heteroatoms. The minimum Gasteiger partial charge on any atom is -2.00 e. The van der Waals surface area contributed by atoms with Crippen LogP contribution in [0.2, 0.25) is 0 Å². The third kappa shape index (κ3) is 264. The normalized spacial score (nSPS) is 4.00. The number of hydrogen-bond donors (Lipinski definition) is 0. The molecule has 0 bridgehead atoms. The average Bonchev–Trinajstić information content (AvgIpc) is 0.811. The van der Waals surface area contributed by atoms with Crippen molar-refractivity contribution in [3.8, 4) is 0 Å². The van der Waals surface area contributed by atoms with E-state index in [1.807, 2.05) is 0 Å². The zero-order valence-corrected chi connectivity index (χ0v) is 7.23. The monoisotopic (exact) mass is 272 g/mol. The first-order valence-corrected chi connectivity index (χ1v) is 1.84. The van der Waals surface area contributed by atoms with Gasteiger partial charge in [0.05, 0.1) is 0 Å². The molecular formula is HfO4Si. The molecule has 0 saturated heterocycles. The molecule has 0 aromatic heterocycles. The summed E-state index contributed by atoms with van der Waals surface area (Å²) in [5.41, 5.74) is 0. The Morgan fingerprint density at radius 1 is 1.33 bits per heavy atom. The summed E-state index contributed by atoms with van der Waals surface area (Å²) in [6, 6.07) is 0. The maximum absolute atomic E-state index is 8.52. The van der Waals surface area contributed by atoms with Gasteiger partial charge in [-0.05, 0) is 0 Å². The first-order chi connectivity index (χ1) is 1.73. The zero-order chi connectivity index (χ0) is 3.58. The van der Waals surface area contributed by atoms with Crippen LogP contribution in [0.1, 0.15) is 0 Å². The molecule has 0 aliphatic rings. The Labute approximate surface area is 54.8 Å². The van der Waals surface area contributed by atoms with Crippen LogP contribution in [0.25, 0.3) is 0 Å². The van der Waals surface area contributed by atoms with E-state index in [2.05, 4.69) is 0 Å². The Kier molecular flexibility index (Phi) is 24.3. The second-order valence-corrected chi connectivity index (χ2v) is 0.750. The van der Waals surface area contributed by atoms with Crippen molar-refractivity contribution < 1.29 is 45.4 Å². The standard InChI is InChI=1S/Hf.O3Si.O/c;1-4(2)3;/q+4;2*-2. The van der Waals surface area contributed by atoms with Crippen LogP contribution in [0, 0.1) is 0 Å². The van der Waals surface area contributed by atoms with Gasteiger partial charge >= 0.3 is 25.8 Å². The third-order valence-electron chi connectivity index (χ3n) is 0. The molecular weight excluding hydrogens is 271 g/mol. The van der Waals surface area contributed by atoms with Crippen molar-refractivity contribution in [2.24, 2.45) is 0 Å². The van der Waals surface area contributed by atoms with Crippen LogP contribution in [-0.2, 0) is 35.8 Å². The van der Waals surface area contributed by atoms with Gasteiger partial charge in [-0.15, -0.1) is 0 Å². The molecule has 0 spiro atoms. The van der Waals surface area contributed by atoms with E-state index in [4.69, 9.17) is 14.1 Å². The Hall–Kier alpha value is 0.447. The van der Waals surface area contributed by atoms with Crippen LogP contribution < -0.4 is 9.59 Å². The van der Waals surface area contributed by atoms with Crippen molar-refractivity contribution in [3.05, 3.63) is 0 Å². The fourth-order valence-corrected chi connectivity index (χ4v) is 0. The fourth-order valence-electron chi connectivity index (χ4n) is 0. The van der Waals surface area contributed by atoms with Gasteiger partial charge in [-0.2, -0.15) is 0 Å². The van der Waals surface area contributed by atoms with E-state index in [0.29, 0.717) is 0 Å². The number of hydrogen-bond acceptors (Lipinski definition) is 3.